The van der Waals surface area contributed by atoms with Crippen LogP contribution in [0, 0.1) is 13.8 Å². The van der Waals surface area contributed by atoms with Gasteiger partial charge in [0.15, 0.2) is 0 Å². The smallest absolute Gasteiger partial charge is 0.326 e. The monoisotopic (exact) mass is 354 g/mol. The Labute approximate surface area is 154 Å². The molecule has 0 saturated heterocycles. The first-order valence-corrected chi connectivity index (χ1v) is 8.74. The lowest BCUT2D eigenvalue weighted by Gasteiger charge is -2.19. The molecule has 0 radical (unpaired) electrons. The van der Waals surface area contributed by atoms with Gasteiger partial charge < -0.3 is 15.0 Å². The fourth-order valence-electron chi connectivity index (χ4n) is 3.26. The number of aryl methyl sites for hydroxylation is 1. The Bertz CT molecular complexity index is 793. The molecular formula is C21H26N2O3. The Kier molecular flexibility index (Phi) is 6.39. The number of rotatable bonds is 8. The predicted octanol–water partition coefficient (Wildman–Crippen LogP) is 3.86. The maximum Gasteiger partial charge on any atom is 0.326 e. The molecule has 5 nitrogen and oxygen atoms in total. The van der Waals surface area contributed by atoms with Gasteiger partial charge in [0.2, 0.25) is 0 Å². The van der Waals surface area contributed by atoms with Gasteiger partial charge in [-0.1, -0.05) is 36.4 Å². The van der Waals surface area contributed by atoms with E-state index in [-0.39, 0.29) is 11.9 Å². The minimum atomic E-state index is -1.04. The van der Waals surface area contributed by atoms with Crippen molar-refractivity contribution in [3.05, 3.63) is 71.6 Å². The SMILES string of the molecule is C=CCCC(NC(=O)c1cc(C)n(C(C)c2ccccc2)c1C)C(=O)O. The molecule has 1 aromatic heterocycles. The zero-order valence-corrected chi connectivity index (χ0v) is 15.5. The molecular weight excluding hydrogens is 328 g/mol. The number of benzene rings is 1. The van der Waals surface area contributed by atoms with Crippen LogP contribution in [-0.2, 0) is 4.79 Å². The summed E-state index contributed by atoms with van der Waals surface area (Å²) in [6.45, 7) is 9.53. The van der Waals surface area contributed by atoms with Gasteiger partial charge in [0.25, 0.3) is 5.91 Å². The third-order valence-corrected chi connectivity index (χ3v) is 4.66. The van der Waals surface area contributed by atoms with E-state index < -0.39 is 12.0 Å². The Balaban J connectivity index is 2.27. The topological polar surface area (TPSA) is 71.3 Å². The third-order valence-electron chi connectivity index (χ3n) is 4.66. The highest BCUT2D eigenvalue weighted by atomic mass is 16.4. The van der Waals surface area contributed by atoms with Crippen LogP contribution in [0.25, 0.3) is 0 Å². The highest BCUT2D eigenvalue weighted by Gasteiger charge is 2.24. The molecule has 0 spiro atoms. The van der Waals surface area contributed by atoms with Gasteiger partial charge in [0.1, 0.15) is 6.04 Å². The lowest BCUT2D eigenvalue weighted by atomic mass is 10.1. The van der Waals surface area contributed by atoms with Crippen LogP contribution in [0.15, 0.2) is 49.1 Å². The number of aromatic nitrogens is 1. The second-order valence-electron chi connectivity index (χ2n) is 6.47. The molecule has 2 aromatic rings. The van der Waals surface area contributed by atoms with E-state index in [9.17, 15) is 14.7 Å². The van der Waals surface area contributed by atoms with E-state index in [4.69, 9.17) is 0 Å². The lowest BCUT2D eigenvalue weighted by molar-refractivity contribution is -0.139. The molecule has 2 N–H and O–H groups in total. The number of aliphatic carboxylic acids is 1. The Morgan fingerprint density at radius 2 is 1.92 bits per heavy atom. The summed E-state index contributed by atoms with van der Waals surface area (Å²) in [5.41, 5.74) is 3.44. The summed E-state index contributed by atoms with van der Waals surface area (Å²) in [6, 6.07) is 11.0. The molecule has 0 aliphatic heterocycles. The van der Waals surface area contributed by atoms with Gasteiger partial charge in [0.05, 0.1) is 11.6 Å². The number of carbonyl (C=O) groups excluding carboxylic acids is 1. The fraction of sp³-hybridized carbons (Fsp3) is 0.333. The van der Waals surface area contributed by atoms with Crippen LogP contribution in [0.3, 0.4) is 0 Å². The molecule has 1 aromatic carbocycles. The average Bonchev–Trinajstić information content (AvgIpc) is 2.92. The summed E-state index contributed by atoms with van der Waals surface area (Å²) < 4.78 is 2.10. The molecule has 138 valence electrons. The highest BCUT2D eigenvalue weighted by molar-refractivity contribution is 5.97. The van der Waals surface area contributed by atoms with Crippen molar-refractivity contribution in [2.75, 3.05) is 0 Å². The second kappa shape index (κ2) is 8.52. The Morgan fingerprint density at radius 1 is 1.27 bits per heavy atom. The average molecular weight is 354 g/mol. The molecule has 0 aliphatic rings. The number of hydrogen-bond acceptors (Lipinski definition) is 2. The summed E-state index contributed by atoms with van der Waals surface area (Å²) in [5.74, 6) is -1.40. The minimum absolute atomic E-state index is 0.0776. The zero-order valence-electron chi connectivity index (χ0n) is 15.5. The molecule has 2 rings (SSSR count). The molecule has 2 atom stereocenters. The van der Waals surface area contributed by atoms with Crippen molar-refractivity contribution in [3.8, 4) is 0 Å². The van der Waals surface area contributed by atoms with E-state index in [1.54, 1.807) is 6.08 Å². The largest absolute Gasteiger partial charge is 0.480 e. The van der Waals surface area contributed by atoms with Crippen LogP contribution >= 0.6 is 0 Å². The Hall–Kier alpha value is -2.82. The van der Waals surface area contributed by atoms with Crippen LogP contribution in [0.4, 0.5) is 0 Å². The maximum atomic E-state index is 12.7. The summed E-state index contributed by atoms with van der Waals surface area (Å²) >= 11 is 0. The number of carboxylic acids is 1. The van der Waals surface area contributed by atoms with Crippen molar-refractivity contribution >= 4 is 11.9 Å². The molecule has 0 saturated carbocycles. The molecule has 5 heteroatoms. The number of hydrogen-bond donors (Lipinski definition) is 2. The Morgan fingerprint density at radius 3 is 2.50 bits per heavy atom. The van der Waals surface area contributed by atoms with Gasteiger partial charge in [-0.15, -0.1) is 6.58 Å². The van der Waals surface area contributed by atoms with Crippen LogP contribution in [0.2, 0.25) is 0 Å². The summed E-state index contributed by atoms with van der Waals surface area (Å²) in [7, 11) is 0. The van der Waals surface area contributed by atoms with Gasteiger partial charge in [-0.05, 0) is 45.2 Å². The summed E-state index contributed by atoms with van der Waals surface area (Å²) in [5, 5.41) is 11.9. The predicted molar refractivity (Wildman–Crippen MR) is 102 cm³/mol. The quantitative estimate of drug-likeness (QED) is 0.707. The van der Waals surface area contributed by atoms with Gasteiger partial charge in [-0.3, -0.25) is 4.79 Å². The molecule has 26 heavy (non-hydrogen) atoms. The van der Waals surface area contributed by atoms with Gasteiger partial charge in [0, 0.05) is 11.4 Å². The number of carboxylic acid groups (broad SMARTS) is 1. The molecule has 2 unspecified atom stereocenters. The van der Waals surface area contributed by atoms with Gasteiger partial charge in [-0.25, -0.2) is 4.79 Å². The van der Waals surface area contributed by atoms with Gasteiger partial charge >= 0.3 is 5.97 Å². The van der Waals surface area contributed by atoms with Gasteiger partial charge in [-0.2, -0.15) is 0 Å². The molecule has 0 aliphatic carbocycles. The van der Waals surface area contributed by atoms with E-state index in [1.807, 2.05) is 38.1 Å². The maximum absolute atomic E-state index is 12.7. The van der Waals surface area contributed by atoms with Crippen molar-refractivity contribution in [1.82, 2.24) is 9.88 Å². The van der Waals surface area contributed by atoms with Crippen molar-refractivity contribution in [1.29, 1.82) is 0 Å². The van der Waals surface area contributed by atoms with E-state index in [1.165, 1.54) is 0 Å². The molecule has 0 fully saturated rings. The number of nitrogens with one attached hydrogen (secondary N) is 1. The normalized spacial score (nSPS) is 13.0. The van der Waals surface area contributed by atoms with Crippen LogP contribution in [0.5, 0.6) is 0 Å². The van der Waals surface area contributed by atoms with Crippen molar-refractivity contribution in [2.24, 2.45) is 0 Å². The lowest BCUT2D eigenvalue weighted by Crippen LogP contribution is -2.40. The van der Waals surface area contributed by atoms with E-state index in [0.717, 1.165) is 17.0 Å². The number of amides is 1. The second-order valence-corrected chi connectivity index (χ2v) is 6.47. The highest BCUT2D eigenvalue weighted by Crippen LogP contribution is 2.25. The summed E-state index contributed by atoms with van der Waals surface area (Å²) in [6.07, 6.45) is 2.50. The molecule has 1 amide bonds. The molecule has 0 bridgehead atoms. The van der Waals surface area contributed by atoms with Crippen molar-refractivity contribution in [2.45, 2.75) is 45.7 Å². The number of allylic oxidation sites excluding steroid dienone is 1. The number of nitrogens with zero attached hydrogens (tertiary/aromatic N) is 1. The zero-order chi connectivity index (χ0) is 19.3. The standard InChI is InChI=1S/C21H26N2O3/c1-5-6-12-19(21(25)26)22-20(24)18-13-14(2)23(16(18)4)15(3)17-10-8-7-9-11-17/h5,7-11,13,15,19H,1,6,12H2,2-4H3,(H,22,24)(H,25,26). The fourth-order valence-corrected chi connectivity index (χ4v) is 3.26. The van der Waals surface area contributed by atoms with E-state index in [2.05, 4.69) is 35.5 Å². The minimum Gasteiger partial charge on any atom is -0.480 e. The van der Waals surface area contributed by atoms with E-state index in [0.29, 0.717) is 18.4 Å². The first-order chi connectivity index (χ1) is 12.4. The van der Waals surface area contributed by atoms with Crippen molar-refractivity contribution < 1.29 is 14.7 Å². The van der Waals surface area contributed by atoms with Crippen LogP contribution in [0.1, 0.15) is 53.1 Å². The van der Waals surface area contributed by atoms with Crippen LogP contribution < -0.4 is 5.32 Å². The summed E-state index contributed by atoms with van der Waals surface area (Å²) in [4.78, 5) is 24.0. The van der Waals surface area contributed by atoms with E-state index >= 15 is 0 Å². The first-order valence-electron chi connectivity index (χ1n) is 8.74. The van der Waals surface area contributed by atoms with Crippen molar-refractivity contribution in [3.63, 3.8) is 0 Å². The third kappa shape index (κ3) is 4.23. The molecule has 1 heterocycles. The van der Waals surface area contributed by atoms with Crippen LogP contribution in [-0.4, -0.2) is 27.6 Å². The number of carbonyl (C=O) groups is 2. The first kappa shape index (κ1) is 19.5.